The standard InChI is InChI=1S/C11H14N2OS/c1-8-3-2-4-9(7-8)13-11(14)6-5-10(12)15/h2-4,7H,5-6H2,1H3,(H2,12,15)(H,13,14). The molecule has 0 aromatic heterocycles. The Morgan fingerprint density at radius 3 is 2.80 bits per heavy atom. The molecule has 1 rings (SSSR count). The van der Waals surface area contributed by atoms with Gasteiger partial charge in [0.25, 0.3) is 0 Å². The average Bonchev–Trinajstić information content (AvgIpc) is 2.15. The van der Waals surface area contributed by atoms with Crippen LogP contribution in [0.15, 0.2) is 24.3 Å². The number of hydrogen-bond acceptors (Lipinski definition) is 2. The van der Waals surface area contributed by atoms with Gasteiger partial charge in [0, 0.05) is 18.5 Å². The van der Waals surface area contributed by atoms with Crippen molar-refractivity contribution in [2.45, 2.75) is 19.8 Å². The van der Waals surface area contributed by atoms with Gasteiger partial charge in [-0.2, -0.15) is 0 Å². The zero-order chi connectivity index (χ0) is 11.3. The van der Waals surface area contributed by atoms with Gasteiger partial charge in [-0.3, -0.25) is 4.79 Å². The van der Waals surface area contributed by atoms with Crippen LogP contribution in [0.3, 0.4) is 0 Å². The number of hydrogen-bond donors (Lipinski definition) is 2. The van der Waals surface area contributed by atoms with Gasteiger partial charge in [0.15, 0.2) is 0 Å². The Kier molecular flexibility index (Phi) is 4.24. The van der Waals surface area contributed by atoms with Gasteiger partial charge in [-0.25, -0.2) is 0 Å². The minimum Gasteiger partial charge on any atom is -0.393 e. The fraction of sp³-hybridized carbons (Fsp3) is 0.273. The highest BCUT2D eigenvalue weighted by Crippen LogP contribution is 2.09. The lowest BCUT2D eigenvalue weighted by Gasteiger charge is -2.05. The molecule has 0 aliphatic rings. The van der Waals surface area contributed by atoms with Crippen molar-refractivity contribution in [1.82, 2.24) is 0 Å². The van der Waals surface area contributed by atoms with Crippen molar-refractivity contribution in [3.8, 4) is 0 Å². The minimum atomic E-state index is -0.0617. The first-order valence-electron chi connectivity index (χ1n) is 4.73. The van der Waals surface area contributed by atoms with Crippen molar-refractivity contribution < 1.29 is 4.79 Å². The van der Waals surface area contributed by atoms with E-state index < -0.39 is 0 Å². The van der Waals surface area contributed by atoms with E-state index in [1.54, 1.807) is 0 Å². The molecule has 1 aromatic carbocycles. The van der Waals surface area contributed by atoms with Crippen LogP contribution < -0.4 is 11.1 Å². The lowest BCUT2D eigenvalue weighted by Crippen LogP contribution is -2.15. The molecule has 80 valence electrons. The summed E-state index contributed by atoms with van der Waals surface area (Å²) in [5.74, 6) is -0.0617. The second kappa shape index (κ2) is 5.46. The van der Waals surface area contributed by atoms with Gasteiger partial charge < -0.3 is 11.1 Å². The van der Waals surface area contributed by atoms with Gasteiger partial charge in [-0.15, -0.1) is 0 Å². The molecule has 3 nitrogen and oxygen atoms in total. The monoisotopic (exact) mass is 222 g/mol. The highest BCUT2D eigenvalue weighted by Gasteiger charge is 2.02. The summed E-state index contributed by atoms with van der Waals surface area (Å²) in [6.07, 6.45) is 0.788. The van der Waals surface area contributed by atoms with Crippen molar-refractivity contribution >= 4 is 28.8 Å². The fourth-order valence-corrected chi connectivity index (χ4v) is 1.29. The molecular formula is C11H14N2OS. The molecule has 0 heterocycles. The number of nitrogens with two attached hydrogens (primary N) is 1. The molecule has 0 spiro atoms. The smallest absolute Gasteiger partial charge is 0.224 e. The highest BCUT2D eigenvalue weighted by molar-refractivity contribution is 7.80. The van der Waals surface area contributed by atoms with Crippen molar-refractivity contribution in [2.75, 3.05) is 5.32 Å². The maximum atomic E-state index is 11.4. The summed E-state index contributed by atoms with van der Waals surface area (Å²) >= 11 is 4.70. The van der Waals surface area contributed by atoms with Gasteiger partial charge in [0.2, 0.25) is 5.91 Å². The SMILES string of the molecule is Cc1cccc(NC(=O)CCC(N)=S)c1. The highest BCUT2D eigenvalue weighted by atomic mass is 32.1. The zero-order valence-electron chi connectivity index (χ0n) is 8.62. The molecule has 1 amide bonds. The van der Waals surface area contributed by atoms with Crippen LogP contribution in [0.2, 0.25) is 0 Å². The summed E-state index contributed by atoms with van der Waals surface area (Å²) in [4.78, 5) is 11.8. The largest absolute Gasteiger partial charge is 0.393 e. The Bertz CT molecular complexity index is 377. The van der Waals surface area contributed by atoms with Gasteiger partial charge in [-0.1, -0.05) is 24.4 Å². The number of anilines is 1. The van der Waals surface area contributed by atoms with Crippen LogP contribution in [0, 0.1) is 6.92 Å². The Hall–Kier alpha value is -1.42. The Morgan fingerprint density at radius 1 is 1.47 bits per heavy atom. The van der Waals surface area contributed by atoms with Crippen molar-refractivity contribution in [2.24, 2.45) is 5.73 Å². The number of aryl methyl sites for hydroxylation is 1. The van der Waals surface area contributed by atoms with E-state index in [1.807, 2.05) is 31.2 Å². The quantitative estimate of drug-likeness (QED) is 0.766. The van der Waals surface area contributed by atoms with Crippen LogP contribution in [-0.2, 0) is 4.79 Å². The third-order valence-electron chi connectivity index (χ3n) is 1.90. The van der Waals surface area contributed by atoms with E-state index in [1.165, 1.54) is 0 Å². The molecule has 0 bridgehead atoms. The van der Waals surface area contributed by atoms with E-state index in [4.69, 9.17) is 18.0 Å². The van der Waals surface area contributed by atoms with E-state index in [2.05, 4.69) is 5.32 Å². The third-order valence-corrected chi connectivity index (χ3v) is 2.10. The molecule has 0 atom stereocenters. The van der Waals surface area contributed by atoms with Crippen LogP contribution in [0.25, 0.3) is 0 Å². The van der Waals surface area contributed by atoms with Crippen LogP contribution in [0.5, 0.6) is 0 Å². The van der Waals surface area contributed by atoms with Crippen LogP contribution >= 0.6 is 12.2 Å². The van der Waals surface area contributed by atoms with Crippen molar-refractivity contribution in [1.29, 1.82) is 0 Å². The molecule has 0 radical (unpaired) electrons. The molecule has 0 aliphatic carbocycles. The molecule has 1 aromatic rings. The summed E-state index contributed by atoms with van der Waals surface area (Å²) in [7, 11) is 0. The number of carbonyl (C=O) groups is 1. The Labute approximate surface area is 94.7 Å². The molecular weight excluding hydrogens is 208 g/mol. The van der Waals surface area contributed by atoms with Gasteiger partial charge in [0.1, 0.15) is 0 Å². The van der Waals surface area contributed by atoms with E-state index in [-0.39, 0.29) is 5.91 Å². The minimum absolute atomic E-state index is 0.0617. The van der Waals surface area contributed by atoms with E-state index >= 15 is 0 Å². The lowest BCUT2D eigenvalue weighted by atomic mass is 10.2. The lowest BCUT2D eigenvalue weighted by molar-refractivity contribution is -0.116. The summed E-state index contributed by atoms with van der Waals surface area (Å²) in [5, 5.41) is 2.78. The molecule has 0 aliphatic heterocycles. The predicted octanol–water partition coefficient (Wildman–Crippen LogP) is 2.00. The molecule has 4 heteroatoms. The second-order valence-electron chi connectivity index (χ2n) is 3.38. The normalized spacial score (nSPS) is 9.67. The van der Waals surface area contributed by atoms with E-state index in [9.17, 15) is 4.79 Å². The predicted molar refractivity (Wildman–Crippen MR) is 65.8 cm³/mol. The van der Waals surface area contributed by atoms with Gasteiger partial charge in [0.05, 0.1) is 4.99 Å². The molecule has 15 heavy (non-hydrogen) atoms. The first-order valence-corrected chi connectivity index (χ1v) is 5.13. The fourth-order valence-electron chi connectivity index (χ4n) is 1.18. The van der Waals surface area contributed by atoms with E-state index in [0.29, 0.717) is 17.8 Å². The average molecular weight is 222 g/mol. The first-order chi connectivity index (χ1) is 7.08. The topological polar surface area (TPSA) is 55.1 Å². The third kappa shape index (κ3) is 4.56. The summed E-state index contributed by atoms with van der Waals surface area (Å²) < 4.78 is 0. The molecule has 0 saturated carbocycles. The number of benzene rings is 1. The number of carbonyl (C=O) groups excluding carboxylic acids is 1. The molecule has 0 unspecified atom stereocenters. The van der Waals surface area contributed by atoms with Crippen LogP contribution in [0.4, 0.5) is 5.69 Å². The first kappa shape index (κ1) is 11.7. The van der Waals surface area contributed by atoms with Crippen molar-refractivity contribution in [3.05, 3.63) is 29.8 Å². The number of rotatable bonds is 4. The molecule has 3 N–H and O–H groups in total. The number of amides is 1. The summed E-state index contributed by atoms with van der Waals surface area (Å²) in [5.41, 5.74) is 7.23. The molecule has 0 fully saturated rings. The Balaban J connectivity index is 2.48. The summed E-state index contributed by atoms with van der Waals surface area (Å²) in [6.45, 7) is 1.98. The number of thiocarbonyl (C=S) groups is 1. The second-order valence-corrected chi connectivity index (χ2v) is 3.91. The maximum Gasteiger partial charge on any atom is 0.224 e. The van der Waals surface area contributed by atoms with Gasteiger partial charge in [-0.05, 0) is 24.6 Å². The van der Waals surface area contributed by atoms with E-state index in [0.717, 1.165) is 11.3 Å². The zero-order valence-corrected chi connectivity index (χ0v) is 9.43. The Morgan fingerprint density at radius 2 is 2.20 bits per heavy atom. The van der Waals surface area contributed by atoms with Crippen LogP contribution in [-0.4, -0.2) is 10.9 Å². The molecule has 0 saturated heterocycles. The van der Waals surface area contributed by atoms with Crippen molar-refractivity contribution in [3.63, 3.8) is 0 Å². The van der Waals surface area contributed by atoms with Crippen LogP contribution in [0.1, 0.15) is 18.4 Å². The summed E-state index contributed by atoms with van der Waals surface area (Å²) in [6, 6.07) is 7.65. The maximum absolute atomic E-state index is 11.4. The van der Waals surface area contributed by atoms with Gasteiger partial charge >= 0.3 is 0 Å². The number of nitrogens with one attached hydrogen (secondary N) is 1.